The molecular weight excluding hydrogens is 484 g/mol. The molecule has 0 radical (unpaired) electrons. The van der Waals surface area contributed by atoms with Gasteiger partial charge in [-0.3, -0.25) is 9.59 Å². The van der Waals surface area contributed by atoms with Crippen molar-refractivity contribution in [3.63, 3.8) is 0 Å². The monoisotopic (exact) mass is 520 g/mol. The zero-order chi connectivity index (χ0) is 26.8. The summed E-state index contributed by atoms with van der Waals surface area (Å²) in [6.07, 6.45) is 1.18. The Morgan fingerprint density at radius 3 is 2.27 bits per heavy atom. The first kappa shape index (κ1) is 28.3. The molecule has 0 heterocycles. The van der Waals surface area contributed by atoms with Gasteiger partial charge in [-0.2, -0.15) is 0 Å². The molecule has 6 heteroatoms. The van der Waals surface area contributed by atoms with Crippen molar-refractivity contribution in [3.8, 4) is 5.75 Å². The van der Waals surface area contributed by atoms with Gasteiger partial charge in [-0.05, 0) is 40.7 Å². The normalized spacial score (nSPS) is 12.0. The fourth-order valence-electron chi connectivity index (χ4n) is 4.16. The van der Waals surface area contributed by atoms with Crippen LogP contribution >= 0.6 is 11.6 Å². The Kier molecular flexibility index (Phi) is 10.2. The van der Waals surface area contributed by atoms with Gasteiger partial charge in [0.1, 0.15) is 11.8 Å². The smallest absolute Gasteiger partial charge is 0.261 e. The molecule has 0 aromatic heterocycles. The molecule has 0 saturated carbocycles. The van der Waals surface area contributed by atoms with E-state index in [0.717, 1.165) is 23.1 Å². The van der Waals surface area contributed by atoms with E-state index in [2.05, 4.69) is 26.1 Å². The predicted molar refractivity (Wildman–Crippen MR) is 150 cm³/mol. The molecule has 0 aliphatic carbocycles. The fraction of sp³-hybridized carbons (Fsp3) is 0.355. The first-order valence-corrected chi connectivity index (χ1v) is 13.1. The number of nitrogens with one attached hydrogen (secondary N) is 1. The number of nitrogens with zero attached hydrogens (tertiary/aromatic N) is 1. The number of amides is 2. The lowest BCUT2D eigenvalue weighted by molar-refractivity contribution is -0.142. The topological polar surface area (TPSA) is 58.6 Å². The van der Waals surface area contributed by atoms with Gasteiger partial charge >= 0.3 is 0 Å². The van der Waals surface area contributed by atoms with Crippen molar-refractivity contribution in [2.75, 3.05) is 13.2 Å². The molecule has 3 rings (SSSR count). The van der Waals surface area contributed by atoms with Crippen LogP contribution in [0, 0.1) is 0 Å². The van der Waals surface area contributed by atoms with E-state index in [9.17, 15) is 9.59 Å². The van der Waals surface area contributed by atoms with Crippen LogP contribution in [-0.4, -0.2) is 35.9 Å². The number of rotatable bonds is 11. The summed E-state index contributed by atoms with van der Waals surface area (Å²) in [5.41, 5.74) is 2.61. The largest absolute Gasteiger partial charge is 0.483 e. The van der Waals surface area contributed by atoms with Gasteiger partial charge in [-0.1, -0.05) is 106 Å². The first-order chi connectivity index (χ1) is 17.7. The minimum absolute atomic E-state index is 0.146. The van der Waals surface area contributed by atoms with Gasteiger partial charge in [0.2, 0.25) is 5.91 Å². The van der Waals surface area contributed by atoms with E-state index in [-0.39, 0.29) is 30.4 Å². The third kappa shape index (κ3) is 8.09. The van der Waals surface area contributed by atoms with Crippen LogP contribution in [-0.2, 0) is 28.0 Å². The highest BCUT2D eigenvalue weighted by Gasteiger charge is 2.31. The van der Waals surface area contributed by atoms with Gasteiger partial charge in [0, 0.05) is 24.5 Å². The Morgan fingerprint density at radius 1 is 0.946 bits per heavy atom. The molecule has 3 aromatic rings. The van der Waals surface area contributed by atoms with Crippen molar-refractivity contribution >= 4 is 23.4 Å². The number of halogens is 1. The summed E-state index contributed by atoms with van der Waals surface area (Å²) in [6, 6.07) is 24.2. The molecule has 0 bridgehead atoms. The highest BCUT2D eigenvalue weighted by Crippen LogP contribution is 2.31. The van der Waals surface area contributed by atoms with Crippen LogP contribution in [0.2, 0.25) is 5.02 Å². The summed E-state index contributed by atoms with van der Waals surface area (Å²) in [5, 5.41) is 3.53. The Hall–Kier alpha value is -3.31. The molecule has 1 atom stereocenters. The third-order valence-corrected chi connectivity index (χ3v) is 6.53. The van der Waals surface area contributed by atoms with Gasteiger partial charge in [0.05, 0.1) is 0 Å². The van der Waals surface area contributed by atoms with Crippen molar-refractivity contribution in [1.82, 2.24) is 10.2 Å². The number of carbonyl (C=O) groups excluding carboxylic acids is 2. The van der Waals surface area contributed by atoms with Crippen molar-refractivity contribution in [2.45, 2.75) is 58.5 Å². The summed E-state index contributed by atoms with van der Waals surface area (Å²) >= 11 is 6.48. The predicted octanol–water partition coefficient (Wildman–Crippen LogP) is 6.18. The van der Waals surface area contributed by atoms with Crippen LogP contribution in [0.1, 0.15) is 50.8 Å². The van der Waals surface area contributed by atoms with E-state index in [1.54, 1.807) is 11.0 Å². The van der Waals surface area contributed by atoms with E-state index in [1.165, 1.54) is 0 Å². The number of para-hydroxylation sites is 1. The second kappa shape index (κ2) is 13.3. The maximum Gasteiger partial charge on any atom is 0.261 e. The molecular formula is C31H37ClN2O3. The molecule has 0 fully saturated rings. The number of carbonyl (C=O) groups is 2. The lowest BCUT2D eigenvalue weighted by atomic mass is 9.86. The van der Waals surface area contributed by atoms with Crippen LogP contribution in [0.3, 0.4) is 0 Å². The zero-order valence-electron chi connectivity index (χ0n) is 22.2. The third-order valence-electron chi connectivity index (χ3n) is 6.17. The molecule has 1 N–H and O–H groups in total. The van der Waals surface area contributed by atoms with E-state index in [4.69, 9.17) is 16.3 Å². The van der Waals surface area contributed by atoms with E-state index < -0.39 is 6.04 Å². The molecule has 0 spiro atoms. The number of hydrogen-bond acceptors (Lipinski definition) is 3. The molecule has 0 aliphatic heterocycles. The summed E-state index contributed by atoms with van der Waals surface area (Å²) in [6.45, 7) is 8.86. The van der Waals surface area contributed by atoms with E-state index in [0.29, 0.717) is 23.7 Å². The number of benzene rings is 3. The van der Waals surface area contributed by atoms with Crippen LogP contribution < -0.4 is 10.1 Å². The molecule has 2 amide bonds. The molecule has 0 unspecified atom stereocenters. The van der Waals surface area contributed by atoms with Gasteiger partial charge < -0.3 is 15.0 Å². The molecule has 5 nitrogen and oxygen atoms in total. The molecule has 0 aliphatic rings. The van der Waals surface area contributed by atoms with Gasteiger partial charge in [-0.15, -0.1) is 0 Å². The average molecular weight is 521 g/mol. The quantitative estimate of drug-likeness (QED) is 0.328. The summed E-state index contributed by atoms with van der Waals surface area (Å²) in [5.74, 6) is 0.188. The Balaban J connectivity index is 1.94. The molecule has 0 saturated heterocycles. The molecule has 37 heavy (non-hydrogen) atoms. The fourth-order valence-corrected chi connectivity index (χ4v) is 4.36. The van der Waals surface area contributed by atoms with Crippen LogP contribution in [0.5, 0.6) is 5.75 Å². The highest BCUT2D eigenvalue weighted by molar-refractivity contribution is 6.31. The summed E-state index contributed by atoms with van der Waals surface area (Å²) in [7, 11) is 0. The highest BCUT2D eigenvalue weighted by atomic mass is 35.5. The van der Waals surface area contributed by atoms with E-state index >= 15 is 0 Å². The van der Waals surface area contributed by atoms with Crippen molar-refractivity contribution in [2.24, 2.45) is 0 Å². The maximum atomic E-state index is 13.8. The first-order valence-electron chi connectivity index (χ1n) is 12.8. The second-order valence-electron chi connectivity index (χ2n) is 10.1. The number of hydrogen-bond donors (Lipinski definition) is 1. The zero-order valence-corrected chi connectivity index (χ0v) is 22.9. The van der Waals surface area contributed by atoms with Crippen LogP contribution in [0.25, 0.3) is 0 Å². The minimum atomic E-state index is -0.723. The standard InChI is InChI=1S/C31H37ClN2O3/c1-5-19-33-30(36)27(20-23-13-7-6-8-14-23)34(21-24-15-9-11-17-26(24)32)29(35)22-37-28-18-12-10-16-25(28)31(2,3)4/h6-18,27H,5,19-22H2,1-4H3,(H,33,36)/t27-/m1/s1. The van der Waals surface area contributed by atoms with E-state index in [1.807, 2.05) is 79.7 Å². The molecule has 196 valence electrons. The lowest BCUT2D eigenvalue weighted by Crippen LogP contribution is -2.51. The number of ether oxygens (including phenoxy) is 1. The van der Waals surface area contributed by atoms with Crippen LogP contribution in [0.15, 0.2) is 78.9 Å². The van der Waals surface area contributed by atoms with Crippen molar-refractivity contribution in [1.29, 1.82) is 0 Å². The van der Waals surface area contributed by atoms with Crippen molar-refractivity contribution < 1.29 is 14.3 Å². The van der Waals surface area contributed by atoms with Gasteiger partial charge in [-0.25, -0.2) is 0 Å². The second-order valence-corrected chi connectivity index (χ2v) is 10.6. The van der Waals surface area contributed by atoms with Gasteiger partial charge in [0.15, 0.2) is 6.61 Å². The Bertz CT molecular complexity index is 1170. The average Bonchev–Trinajstić information content (AvgIpc) is 2.89. The summed E-state index contributed by atoms with van der Waals surface area (Å²) < 4.78 is 6.08. The summed E-state index contributed by atoms with van der Waals surface area (Å²) in [4.78, 5) is 28.8. The Morgan fingerprint density at radius 2 is 1.59 bits per heavy atom. The Labute approximate surface area is 225 Å². The lowest BCUT2D eigenvalue weighted by Gasteiger charge is -2.32. The molecule has 3 aromatic carbocycles. The maximum absolute atomic E-state index is 13.8. The van der Waals surface area contributed by atoms with Gasteiger partial charge in [0.25, 0.3) is 5.91 Å². The minimum Gasteiger partial charge on any atom is -0.483 e. The van der Waals surface area contributed by atoms with Crippen molar-refractivity contribution in [3.05, 3.63) is 101 Å². The van der Waals surface area contributed by atoms with Crippen LogP contribution in [0.4, 0.5) is 0 Å². The SMILES string of the molecule is CCCNC(=O)[C@@H](Cc1ccccc1)N(Cc1ccccc1Cl)C(=O)COc1ccccc1C(C)(C)C.